The van der Waals surface area contributed by atoms with Gasteiger partial charge in [-0.3, -0.25) is 4.98 Å². The Morgan fingerprint density at radius 2 is 1.50 bits per heavy atom. The van der Waals surface area contributed by atoms with Gasteiger partial charge in [0.1, 0.15) is 10.4 Å². The van der Waals surface area contributed by atoms with E-state index in [0.29, 0.717) is 0 Å². The van der Waals surface area contributed by atoms with E-state index in [1.54, 1.807) is 28.9 Å². The van der Waals surface area contributed by atoms with Gasteiger partial charge >= 0.3 is 0 Å². The molecule has 0 saturated heterocycles. The summed E-state index contributed by atoms with van der Waals surface area (Å²) in [5.74, 6) is 0. The standard InChI is InChI=1S/C21H10NOS2.C11H8N.Ir/c1-3-10-16-12(6-1)13-8-5-9-15(18(13)23-16)20-22-21-19(25-20)14-7-2-4-11-17(14)24-21;1-2-6-10(7-3-1)11-8-4-5-9-12-11;/h1-8,10-11H;1-6,8-9H;/q2*-1;. The topological polar surface area (TPSA) is 38.9 Å². The Hall–Kier alpha value is -3.67. The van der Waals surface area contributed by atoms with E-state index < -0.39 is 0 Å². The van der Waals surface area contributed by atoms with Crippen LogP contribution >= 0.6 is 22.7 Å². The van der Waals surface area contributed by atoms with Crippen LogP contribution in [0.5, 0.6) is 0 Å². The fourth-order valence-corrected chi connectivity index (χ4v) is 6.78. The molecule has 0 atom stereocenters. The van der Waals surface area contributed by atoms with Gasteiger partial charge in [-0.1, -0.05) is 59.5 Å². The van der Waals surface area contributed by atoms with Crippen molar-refractivity contribution in [3.8, 4) is 21.8 Å². The third-order valence-corrected chi connectivity index (χ3v) is 8.44. The van der Waals surface area contributed by atoms with Crippen LogP contribution in [0.4, 0.5) is 0 Å². The average molecular weight is 703 g/mol. The Labute approximate surface area is 240 Å². The maximum atomic E-state index is 6.14. The van der Waals surface area contributed by atoms with Gasteiger partial charge in [0.15, 0.2) is 0 Å². The zero-order chi connectivity index (χ0) is 24.6. The molecule has 185 valence electrons. The largest absolute Gasteiger partial charge is 0.501 e. The first-order valence-electron chi connectivity index (χ1n) is 11.8. The van der Waals surface area contributed by atoms with Gasteiger partial charge in [0, 0.05) is 46.8 Å². The number of aromatic nitrogens is 2. The number of hydrogen-bond donors (Lipinski definition) is 0. The van der Waals surface area contributed by atoms with Crippen molar-refractivity contribution in [2.75, 3.05) is 0 Å². The zero-order valence-corrected chi connectivity index (χ0v) is 23.9. The van der Waals surface area contributed by atoms with E-state index in [2.05, 4.69) is 53.5 Å². The van der Waals surface area contributed by atoms with Gasteiger partial charge in [0.2, 0.25) is 0 Å². The van der Waals surface area contributed by atoms with Gasteiger partial charge in [-0.25, -0.2) is 0 Å². The minimum absolute atomic E-state index is 0. The third-order valence-electron chi connectivity index (χ3n) is 6.14. The molecular formula is C32H18IrN2OS2-2. The number of fused-ring (bicyclic) bond motifs is 6. The summed E-state index contributed by atoms with van der Waals surface area (Å²) in [6.45, 7) is 0. The van der Waals surface area contributed by atoms with E-state index in [1.165, 1.54) is 14.8 Å². The summed E-state index contributed by atoms with van der Waals surface area (Å²) in [5.41, 5.74) is 4.74. The van der Waals surface area contributed by atoms with Crippen molar-refractivity contribution >= 4 is 64.2 Å². The summed E-state index contributed by atoms with van der Waals surface area (Å²) in [6, 6.07) is 40.8. The molecule has 1 radical (unpaired) electrons. The van der Waals surface area contributed by atoms with Crippen LogP contribution in [-0.2, 0) is 20.1 Å². The summed E-state index contributed by atoms with van der Waals surface area (Å²) in [4.78, 5) is 10.2. The molecule has 0 spiro atoms. The van der Waals surface area contributed by atoms with E-state index >= 15 is 0 Å². The molecule has 0 N–H and O–H groups in total. The molecule has 0 unspecified atom stereocenters. The van der Waals surface area contributed by atoms with Gasteiger partial charge in [-0.2, -0.15) is 11.3 Å². The fourth-order valence-electron chi connectivity index (χ4n) is 4.42. The van der Waals surface area contributed by atoms with Crippen LogP contribution < -0.4 is 0 Å². The Morgan fingerprint density at radius 1 is 0.684 bits per heavy atom. The van der Waals surface area contributed by atoms with Gasteiger partial charge in [0.25, 0.3) is 0 Å². The van der Waals surface area contributed by atoms with Crippen molar-refractivity contribution in [2.24, 2.45) is 0 Å². The van der Waals surface area contributed by atoms with Crippen LogP contribution in [0, 0.1) is 12.1 Å². The molecule has 8 aromatic rings. The number of hydrogen-bond acceptors (Lipinski definition) is 5. The number of nitrogens with zero attached hydrogens (tertiary/aromatic N) is 2. The summed E-state index contributed by atoms with van der Waals surface area (Å²) < 4.78 is 8.67. The molecule has 4 aromatic heterocycles. The van der Waals surface area contributed by atoms with Crippen molar-refractivity contribution in [1.82, 2.24) is 9.97 Å². The Kier molecular flexibility index (Phi) is 6.88. The Bertz CT molecular complexity index is 1950. The Balaban J connectivity index is 0.000000172. The maximum absolute atomic E-state index is 6.14. The molecule has 0 bridgehead atoms. The number of para-hydroxylation sites is 1. The number of rotatable bonds is 2. The second kappa shape index (κ2) is 10.6. The first-order valence-corrected chi connectivity index (χ1v) is 13.5. The first-order chi connectivity index (χ1) is 18.3. The third kappa shape index (κ3) is 4.46. The van der Waals surface area contributed by atoms with Crippen LogP contribution in [0.3, 0.4) is 0 Å². The zero-order valence-electron chi connectivity index (χ0n) is 19.8. The molecule has 4 heterocycles. The summed E-state index contributed by atoms with van der Waals surface area (Å²) in [7, 11) is 0. The van der Waals surface area contributed by atoms with Crippen molar-refractivity contribution in [2.45, 2.75) is 0 Å². The molecule has 0 aliphatic heterocycles. The SMILES string of the molecule is [Ir].[c-]1ccc2c(oc3ccccc32)c1-c1nc2sc3ccccc3c2s1.[c-]1ccccc1-c1ccccn1. The molecule has 3 nitrogen and oxygen atoms in total. The van der Waals surface area contributed by atoms with Gasteiger partial charge in [-0.05, 0) is 23.9 Å². The predicted octanol–water partition coefficient (Wildman–Crippen LogP) is 9.42. The number of pyridine rings is 1. The number of thiazole rings is 1. The summed E-state index contributed by atoms with van der Waals surface area (Å²) in [5, 5.41) is 4.50. The normalized spacial score (nSPS) is 10.9. The van der Waals surface area contributed by atoms with Gasteiger partial charge < -0.3 is 9.40 Å². The van der Waals surface area contributed by atoms with E-state index in [-0.39, 0.29) is 20.1 Å². The molecular weight excluding hydrogens is 685 g/mol. The monoisotopic (exact) mass is 703 g/mol. The first kappa shape index (κ1) is 24.7. The van der Waals surface area contributed by atoms with Gasteiger partial charge in [-0.15, -0.1) is 65.4 Å². The second-order valence-electron chi connectivity index (χ2n) is 8.44. The second-order valence-corrected chi connectivity index (χ2v) is 10.5. The molecule has 8 rings (SSSR count). The van der Waals surface area contributed by atoms with Gasteiger partial charge in [0.05, 0.1) is 10.3 Å². The smallest absolute Gasteiger partial charge is 0.124 e. The molecule has 0 aliphatic carbocycles. The summed E-state index contributed by atoms with van der Waals surface area (Å²) in [6.07, 6.45) is 1.79. The molecule has 0 aliphatic rings. The predicted molar refractivity (Wildman–Crippen MR) is 155 cm³/mol. The Morgan fingerprint density at radius 3 is 2.34 bits per heavy atom. The molecule has 0 amide bonds. The molecule has 0 fully saturated rings. The van der Waals surface area contributed by atoms with Crippen LogP contribution in [0.2, 0.25) is 0 Å². The number of furan rings is 1. The van der Waals surface area contributed by atoms with Crippen molar-refractivity contribution < 1.29 is 24.5 Å². The van der Waals surface area contributed by atoms with Crippen LogP contribution in [-0.4, -0.2) is 9.97 Å². The fraction of sp³-hybridized carbons (Fsp3) is 0. The molecule has 0 saturated carbocycles. The average Bonchev–Trinajstić information content (AvgIpc) is 3.65. The van der Waals surface area contributed by atoms with E-state index in [0.717, 1.165) is 48.6 Å². The van der Waals surface area contributed by atoms with Crippen molar-refractivity contribution in [1.29, 1.82) is 0 Å². The molecule has 6 heteroatoms. The van der Waals surface area contributed by atoms with E-state index in [9.17, 15) is 0 Å². The number of benzene rings is 4. The van der Waals surface area contributed by atoms with E-state index in [1.807, 2.05) is 66.7 Å². The van der Waals surface area contributed by atoms with Crippen molar-refractivity contribution in [3.05, 3.63) is 121 Å². The van der Waals surface area contributed by atoms with Crippen LogP contribution in [0.15, 0.2) is 114 Å². The molecule has 38 heavy (non-hydrogen) atoms. The van der Waals surface area contributed by atoms with E-state index in [4.69, 9.17) is 9.40 Å². The minimum Gasteiger partial charge on any atom is -0.501 e. The molecule has 4 aromatic carbocycles. The number of thiophene rings is 1. The quantitative estimate of drug-likeness (QED) is 0.169. The minimum atomic E-state index is 0. The van der Waals surface area contributed by atoms with Crippen molar-refractivity contribution in [3.63, 3.8) is 0 Å². The maximum Gasteiger partial charge on any atom is 0.124 e. The summed E-state index contributed by atoms with van der Waals surface area (Å²) >= 11 is 3.46. The van der Waals surface area contributed by atoms with Crippen LogP contribution in [0.1, 0.15) is 0 Å². The van der Waals surface area contributed by atoms with Crippen LogP contribution in [0.25, 0.3) is 63.4 Å².